The summed E-state index contributed by atoms with van der Waals surface area (Å²) >= 11 is -2.21. The SMILES string of the molecule is CCCCCc1c[c]([Sn]([CH2]CCC)([CH2]CCC)[CH2]CCC)cn1C. The van der Waals surface area contributed by atoms with E-state index in [2.05, 4.69) is 51.6 Å². The molecule has 1 aromatic heterocycles. The van der Waals surface area contributed by atoms with Gasteiger partial charge in [-0.2, -0.15) is 0 Å². The van der Waals surface area contributed by atoms with Crippen LogP contribution in [0, 0.1) is 0 Å². The molecule has 140 valence electrons. The van der Waals surface area contributed by atoms with Gasteiger partial charge < -0.3 is 0 Å². The Morgan fingerprint density at radius 2 is 1.25 bits per heavy atom. The number of hydrogen-bond donors (Lipinski definition) is 0. The van der Waals surface area contributed by atoms with Crippen molar-refractivity contribution < 1.29 is 0 Å². The molecule has 0 N–H and O–H groups in total. The van der Waals surface area contributed by atoms with E-state index in [-0.39, 0.29) is 0 Å². The van der Waals surface area contributed by atoms with Crippen molar-refractivity contribution in [3.05, 3.63) is 18.0 Å². The molecule has 0 saturated carbocycles. The Bertz CT molecular complexity index is 413. The topological polar surface area (TPSA) is 4.93 Å². The summed E-state index contributed by atoms with van der Waals surface area (Å²) in [5.74, 6) is 0. The van der Waals surface area contributed by atoms with Gasteiger partial charge in [-0.1, -0.05) is 0 Å². The molecule has 0 unspecified atom stereocenters. The van der Waals surface area contributed by atoms with E-state index in [1.165, 1.54) is 64.2 Å². The van der Waals surface area contributed by atoms with Crippen molar-refractivity contribution in [1.82, 2.24) is 4.57 Å². The Kier molecular flexibility index (Phi) is 11.5. The van der Waals surface area contributed by atoms with Gasteiger partial charge in [0.25, 0.3) is 0 Å². The number of hydrogen-bond acceptors (Lipinski definition) is 0. The first-order valence-corrected chi connectivity index (χ1v) is 18.3. The van der Waals surface area contributed by atoms with Gasteiger partial charge in [-0.15, -0.1) is 0 Å². The maximum absolute atomic E-state index is 2.66. The molecule has 0 aromatic carbocycles. The van der Waals surface area contributed by atoms with Crippen molar-refractivity contribution in [1.29, 1.82) is 0 Å². The molecule has 0 bridgehead atoms. The van der Waals surface area contributed by atoms with Crippen molar-refractivity contribution in [2.45, 2.75) is 105 Å². The Labute approximate surface area is 156 Å². The van der Waals surface area contributed by atoms with Gasteiger partial charge in [-0.3, -0.25) is 0 Å². The normalized spacial score (nSPS) is 12.0. The van der Waals surface area contributed by atoms with Crippen molar-refractivity contribution in [2.24, 2.45) is 7.05 Å². The third kappa shape index (κ3) is 6.77. The second kappa shape index (κ2) is 12.4. The maximum atomic E-state index is 2.66. The van der Waals surface area contributed by atoms with Crippen LogP contribution in [0.5, 0.6) is 0 Å². The zero-order valence-corrected chi connectivity index (χ0v) is 20.1. The summed E-state index contributed by atoms with van der Waals surface area (Å²) in [6.45, 7) is 9.42. The molecule has 24 heavy (non-hydrogen) atoms. The number of unbranched alkanes of at least 4 members (excludes halogenated alkanes) is 5. The van der Waals surface area contributed by atoms with Gasteiger partial charge in [-0.05, 0) is 0 Å². The van der Waals surface area contributed by atoms with Crippen molar-refractivity contribution in [3.63, 3.8) is 0 Å². The standard InChI is InChI=1S/C10H16N.3C4H9.Sn/c1-3-4-5-7-10-8-6-9-11(10)2;3*1-3-4-2;/h8-9H,3-5,7H2,1-2H3;3*1,3-4H2,2H3;. The van der Waals surface area contributed by atoms with Crippen molar-refractivity contribution in [3.8, 4) is 0 Å². The fraction of sp³-hybridized carbons (Fsp3) is 0.818. The van der Waals surface area contributed by atoms with Gasteiger partial charge >= 0.3 is 157 Å². The minimum absolute atomic E-state index is 1.28. The van der Waals surface area contributed by atoms with Crippen LogP contribution in [0.3, 0.4) is 0 Å². The van der Waals surface area contributed by atoms with Crippen molar-refractivity contribution in [2.75, 3.05) is 0 Å². The summed E-state index contributed by atoms with van der Waals surface area (Å²) < 4.78 is 9.09. The van der Waals surface area contributed by atoms with E-state index in [0.717, 1.165) is 0 Å². The molecule has 0 saturated heterocycles. The molecule has 2 heteroatoms. The summed E-state index contributed by atoms with van der Waals surface area (Å²) in [4.78, 5) is 0. The second-order valence-electron chi connectivity index (χ2n) is 7.88. The summed E-state index contributed by atoms with van der Waals surface area (Å²) in [6.07, 6.45) is 16.4. The van der Waals surface area contributed by atoms with Crippen molar-refractivity contribution >= 4 is 22.0 Å². The van der Waals surface area contributed by atoms with Crippen LogP contribution in [0.4, 0.5) is 0 Å². The van der Waals surface area contributed by atoms with Crippen LogP contribution in [0.1, 0.15) is 91.2 Å². The molecule has 1 heterocycles. The van der Waals surface area contributed by atoms with Gasteiger partial charge in [0.1, 0.15) is 0 Å². The molecular weight excluding hydrogens is 397 g/mol. The molecule has 1 rings (SSSR count). The van der Waals surface area contributed by atoms with E-state index in [1.807, 2.05) is 3.58 Å². The molecule has 0 spiro atoms. The summed E-state index contributed by atoms with van der Waals surface area (Å²) in [5, 5.41) is 0. The van der Waals surface area contributed by atoms with E-state index in [4.69, 9.17) is 0 Å². The Morgan fingerprint density at radius 1 is 0.750 bits per heavy atom. The summed E-state index contributed by atoms with van der Waals surface area (Å²) in [6, 6.07) is 2.66. The third-order valence-corrected chi connectivity index (χ3v) is 21.3. The predicted molar refractivity (Wildman–Crippen MR) is 113 cm³/mol. The average molecular weight is 440 g/mol. The molecule has 1 aromatic rings. The average Bonchev–Trinajstić information content (AvgIpc) is 2.96. The number of aromatic nitrogens is 1. The molecule has 0 aliphatic heterocycles. The predicted octanol–water partition coefficient (Wildman–Crippen LogP) is 6.81. The first kappa shape index (κ1) is 22.1. The van der Waals surface area contributed by atoms with Crippen LogP contribution in [0.25, 0.3) is 0 Å². The van der Waals surface area contributed by atoms with Gasteiger partial charge in [0.15, 0.2) is 0 Å². The molecule has 1 nitrogen and oxygen atoms in total. The molecule has 0 amide bonds. The molecule has 0 atom stereocenters. The summed E-state index contributed by atoms with van der Waals surface area (Å²) in [5.41, 5.74) is 1.60. The Balaban J connectivity index is 3.03. The minimum atomic E-state index is -2.21. The quantitative estimate of drug-likeness (QED) is 0.221. The third-order valence-electron chi connectivity index (χ3n) is 5.78. The molecule has 0 aliphatic rings. The van der Waals surface area contributed by atoms with Crippen LogP contribution in [-0.4, -0.2) is 22.9 Å². The van der Waals surface area contributed by atoms with Crippen LogP contribution < -0.4 is 3.58 Å². The van der Waals surface area contributed by atoms with Crippen LogP contribution >= 0.6 is 0 Å². The fourth-order valence-electron chi connectivity index (χ4n) is 4.06. The zero-order valence-electron chi connectivity index (χ0n) is 17.3. The first-order chi connectivity index (χ1) is 11.6. The monoisotopic (exact) mass is 441 g/mol. The van der Waals surface area contributed by atoms with Crippen LogP contribution in [-0.2, 0) is 13.5 Å². The zero-order chi connectivity index (χ0) is 17.8. The van der Waals surface area contributed by atoms with Gasteiger partial charge in [0.2, 0.25) is 0 Å². The molecular formula is C22H43NSn. The summed E-state index contributed by atoms with van der Waals surface area (Å²) in [7, 11) is 2.29. The van der Waals surface area contributed by atoms with E-state index in [1.54, 1.807) is 19.0 Å². The second-order valence-corrected chi connectivity index (χ2v) is 21.1. The van der Waals surface area contributed by atoms with E-state index < -0.39 is 18.4 Å². The van der Waals surface area contributed by atoms with E-state index >= 15 is 0 Å². The fourth-order valence-corrected chi connectivity index (χ4v) is 20.2. The number of aryl methyl sites for hydroxylation is 2. The molecule has 0 aliphatic carbocycles. The van der Waals surface area contributed by atoms with E-state index in [9.17, 15) is 0 Å². The molecule has 0 radical (unpaired) electrons. The Morgan fingerprint density at radius 3 is 1.71 bits per heavy atom. The van der Waals surface area contributed by atoms with Gasteiger partial charge in [0.05, 0.1) is 0 Å². The van der Waals surface area contributed by atoms with E-state index in [0.29, 0.717) is 0 Å². The Hall–Kier alpha value is 0.0787. The molecule has 0 fully saturated rings. The van der Waals surface area contributed by atoms with Crippen LogP contribution in [0.15, 0.2) is 12.3 Å². The first-order valence-electron chi connectivity index (χ1n) is 10.8. The number of rotatable bonds is 14. The van der Waals surface area contributed by atoms with Gasteiger partial charge in [0, 0.05) is 0 Å². The van der Waals surface area contributed by atoms with Crippen LogP contribution in [0.2, 0.25) is 13.3 Å². The van der Waals surface area contributed by atoms with Gasteiger partial charge in [-0.25, -0.2) is 0 Å². The number of nitrogens with zero attached hydrogens (tertiary/aromatic N) is 1.